The number of hydrogen-bond donors (Lipinski definition) is 2. The molecule has 3 heterocycles. The fourth-order valence-electron chi connectivity index (χ4n) is 5.22. The Hall–Kier alpha value is -3.58. The SMILES string of the molecule is Cc1nonc1C(=O)N[C@H](c1cn2ncc([C@H](NC(=O)C[C@@H](C)C(F)F)C3CC3)cc2n1)C1CCC(F)(F)CC1. The second-order valence-electron chi connectivity index (χ2n) is 11.0. The topological polar surface area (TPSA) is 127 Å². The molecule has 0 unspecified atom stereocenters. The molecule has 0 aliphatic heterocycles. The van der Waals surface area contributed by atoms with Crippen LogP contribution < -0.4 is 10.6 Å². The van der Waals surface area contributed by atoms with Gasteiger partial charge in [0, 0.05) is 25.2 Å². The molecule has 40 heavy (non-hydrogen) atoms. The highest BCUT2D eigenvalue weighted by molar-refractivity contribution is 5.93. The summed E-state index contributed by atoms with van der Waals surface area (Å²) in [7, 11) is 0. The molecule has 3 aromatic rings. The molecule has 2 saturated carbocycles. The van der Waals surface area contributed by atoms with Crippen LogP contribution in [-0.2, 0) is 4.79 Å². The zero-order valence-electron chi connectivity index (χ0n) is 22.1. The Morgan fingerprint density at radius 3 is 2.42 bits per heavy atom. The van der Waals surface area contributed by atoms with Gasteiger partial charge in [0.25, 0.3) is 5.91 Å². The maximum Gasteiger partial charge on any atom is 0.276 e. The van der Waals surface area contributed by atoms with Crippen LogP contribution in [-0.4, -0.2) is 49.1 Å². The van der Waals surface area contributed by atoms with Crippen molar-refractivity contribution in [1.29, 1.82) is 0 Å². The minimum Gasteiger partial charge on any atom is -0.349 e. The van der Waals surface area contributed by atoms with Crippen LogP contribution in [0.5, 0.6) is 0 Å². The Balaban J connectivity index is 1.40. The third kappa shape index (κ3) is 6.25. The van der Waals surface area contributed by atoms with E-state index in [1.54, 1.807) is 25.4 Å². The quantitative estimate of drug-likeness (QED) is 0.345. The first-order chi connectivity index (χ1) is 19.0. The van der Waals surface area contributed by atoms with E-state index in [1.807, 2.05) is 0 Å². The third-order valence-corrected chi connectivity index (χ3v) is 7.77. The summed E-state index contributed by atoms with van der Waals surface area (Å²) in [5.74, 6) is -4.95. The summed E-state index contributed by atoms with van der Waals surface area (Å²) in [6.07, 6.45) is 1.92. The van der Waals surface area contributed by atoms with Gasteiger partial charge in [0.05, 0.1) is 30.2 Å². The van der Waals surface area contributed by atoms with Crippen molar-refractivity contribution in [3.8, 4) is 0 Å². The summed E-state index contributed by atoms with van der Waals surface area (Å²) >= 11 is 0. The van der Waals surface area contributed by atoms with Gasteiger partial charge in [-0.15, -0.1) is 0 Å². The molecule has 2 N–H and O–H groups in total. The molecular formula is C26H31F4N7O3. The lowest BCUT2D eigenvalue weighted by Crippen LogP contribution is -2.37. The highest BCUT2D eigenvalue weighted by Crippen LogP contribution is 2.43. The van der Waals surface area contributed by atoms with Crippen molar-refractivity contribution in [3.63, 3.8) is 0 Å². The minimum absolute atomic E-state index is 0.000471. The van der Waals surface area contributed by atoms with E-state index in [-0.39, 0.29) is 49.6 Å². The van der Waals surface area contributed by atoms with Crippen molar-refractivity contribution in [2.24, 2.45) is 17.8 Å². The molecule has 2 fully saturated rings. The molecule has 5 rings (SSSR count). The number of carbonyl (C=O) groups is 2. The molecule has 2 aliphatic rings. The monoisotopic (exact) mass is 565 g/mol. The summed E-state index contributed by atoms with van der Waals surface area (Å²) in [6, 6.07) is 0.670. The van der Waals surface area contributed by atoms with E-state index < -0.39 is 42.2 Å². The first-order valence-electron chi connectivity index (χ1n) is 13.4. The summed E-state index contributed by atoms with van der Waals surface area (Å²) in [5, 5.41) is 17.5. The maximum absolute atomic E-state index is 13.9. The molecule has 14 heteroatoms. The van der Waals surface area contributed by atoms with Gasteiger partial charge in [0.15, 0.2) is 11.3 Å². The number of hydrogen-bond acceptors (Lipinski definition) is 7. The largest absolute Gasteiger partial charge is 0.349 e. The second kappa shape index (κ2) is 11.1. The Labute approximate surface area is 227 Å². The fourth-order valence-corrected chi connectivity index (χ4v) is 5.22. The number of fused-ring (bicyclic) bond motifs is 1. The van der Waals surface area contributed by atoms with Crippen LogP contribution in [0, 0.1) is 24.7 Å². The molecule has 0 bridgehead atoms. The number of halogens is 4. The number of rotatable bonds is 10. The normalized spacial score (nSPS) is 19.9. The van der Waals surface area contributed by atoms with Gasteiger partial charge in [-0.25, -0.2) is 31.7 Å². The summed E-state index contributed by atoms with van der Waals surface area (Å²) < 4.78 is 59.9. The lowest BCUT2D eigenvalue weighted by Gasteiger charge is -2.33. The predicted molar refractivity (Wildman–Crippen MR) is 133 cm³/mol. The number of imidazole rings is 1. The minimum atomic E-state index is -2.75. The van der Waals surface area contributed by atoms with Gasteiger partial charge >= 0.3 is 0 Å². The van der Waals surface area contributed by atoms with E-state index >= 15 is 0 Å². The van der Waals surface area contributed by atoms with Gasteiger partial charge in [-0.3, -0.25) is 9.59 Å². The number of alkyl halides is 4. The summed E-state index contributed by atoms with van der Waals surface area (Å²) in [4.78, 5) is 30.1. The van der Waals surface area contributed by atoms with Crippen molar-refractivity contribution in [2.45, 2.75) is 83.2 Å². The zero-order valence-corrected chi connectivity index (χ0v) is 22.1. The third-order valence-electron chi connectivity index (χ3n) is 7.77. The predicted octanol–water partition coefficient (Wildman–Crippen LogP) is 4.58. The number of carbonyl (C=O) groups excluding carboxylic acids is 2. The van der Waals surface area contributed by atoms with Gasteiger partial charge in [-0.1, -0.05) is 12.1 Å². The van der Waals surface area contributed by atoms with E-state index in [4.69, 9.17) is 0 Å². The molecule has 0 spiro atoms. The van der Waals surface area contributed by atoms with Gasteiger partial charge in [-0.05, 0) is 61.2 Å². The van der Waals surface area contributed by atoms with Crippen LogP contribution in [0.3, 0.4) is 0 Å². The van der Waals surface area contributed by atoms with Crippen LogP contribution in [0.1, 0.15) is 91.4 Å². The lowest BCUT2D eigenvalue weighted by molar-refractivity contribution is -0.124. The van der Waals surface area contributed by atoms with Gasteiger partial charge in [-0.2, -0.15) is 5.10 Å². The van der Waals surface area contributed by atoms with E-state index in [0.29, 0.717) is 22.6 Å². The zero-order chi connectivity index (χ0) is 28.6. The molecule has 0 saturated heterocycles. The first-order valence-corrected chi connectivity index (χ1v) is 13.4. The molecule has 216 valence electrons. The van der Waals surface area contributed by atoms with Crippen molar-refractivity contribution >= 4 is 17.5 Å². The Bertz CT molecular complexity index is 1360. The van der Waals surface area contributed by atoms with E-state index in [2.05, 4.69) is 35.7 Å². The Morgan fingerprint density at radius 1 is 1.10 bits per heavy atom. The van der Waals surface area contributed by atoms with Crippen LogP contribution in [0.2, 0.25) is 0 Å². The highest BCUT2D eigenvalue weighted by Gasteiger charge is 2.40. The van der Waals surface area contributed by atoms with Crippen molar-refractivity contribution in [2.75, 3.05) is 0 Å². The molecule has 3 atom stereocenters. The molecule has 10 nitrogen and oxygen atoms in total. The average Bonchev–Trinajstić information content (AvgIpc) is 3.51. The van der Waals surface area contributed by atoms with Crippen molar-refractivity contribution < 1.29 is 31.8 Å². The molecule has 0 aromatic carbocycles. The maximum atomic E-state index is 13.9. The first kappa shape index (κ1) is 28.0. The highest BCUT2D eigenvalue weighted by atomic mass is 19.3. The van der Waals surface area contributed by atoms with Gasteiger partial charge in [0.2, 0.25) is 18.3 Å². The van der Waals surface area contributed by atoms with E-state index in [1.165, 1.54) is 11.4 Å². The summed E-state index contributed by atoms with van der Waals surface area (Å²) in [5.41, 5.74) is 1.86. The van der Waals surface area contributed by atoms with Crippen molar-refractivity contribution in [1.82, 2.24) is 35.5 Å². The molecule has 3 aromatic heterocycles. The van der Waals surface area contributed by atoms with Crippen molar-refractivity contribution in [3.05, 3.63) is 41.1 Å². The number of aryl methyl sites for hydroxylation is 1. The van der Waals surface area contributed by atoms with Crippen LogP contribution >= 0.6 is 0 Å². The number of aromatic nitrogens is 5. The standard InChI is InChI=1S/C26H31F4N7O3/c1-13(24(27)28)9-20(38)33-22(15-3-4-15)17-10-19-32-18(12-37(19)31-11-17)23(16-5-7-26(29,30)8-6-16)34-25(39)21-14(2)35-40-36-21/h10-13,15-16,22-24H,3-9H2,1-2H3,(H,33,38)(H,34,39)/t13-,22-,23+/m1/s1. The Morgan fingerprint density at radius 2 is 1.80 bits per heavy atom. The van der Waals surface area contributed by atoms with Crippen LogP contribution in [0.25, 0.3) is 5.65 Å². The molecule has 2 aliphatic carbocycles. The second-order valence-corrected chi connectivity index (χ2v) is 11.0. The van der Waals surface area contributed by atoms with Gasteiger partial charge < -0.3 is 10.6 Å². The van der Waals surface area contributed by atoms with Crippen LogP contribution in [0.15, 0.2) is 23.1 Å². The number of nitrogens with one attached hydrogen (secondary N) is 2. The summed E-state index contributed by atoms with van der Waals surface area (Å²) in [6.45, 7) is 2.90. The Kier molecular flexibility index (Phi) is 7.78. The number of nitrogens with zero attached hydrogens (tertiary/aromatic N) is 5. The lowest BCUT2D eigenvalue weighted by atomic mass is 9.81. The average molecular weight is 566 g/mol. The van der Waals surface area contributed by atoms with Gasteiger partial charge in [0.1, 0.15) is 5.69 Å². The fraction of sp³-hybridized carbons (Fsp3) is 0.615. The van der Waals surface area contributed by atoms with E-state index in [0.717, 1.165) is 12.8 Å². The number of amides is 2. The smallest absolute Gasteiger partial charge is 0.276 e. The van der Waals surface area contributed by atoms with Crippen LogP contribution in [0.4, 0.5) is 17.6 Å². The molecular weight excluding hydrogens is 534 g/mol. The molecule has 2 amide bonds. The van der Waals surface area contributed by atoms with E-state index in [9.17, 15) is 27.2 Å². The molecule has 0 radical (unpaired) electrons.